The molecule has 0 fully saturated rings. The topological polar surface area (TPSA) is 78.6 Å². The van der Waals surface area contributed by atoms with E-state index in [1.165, 1.54) is 4.90 Å². The van der Waals surface area contributed by atoms with Gasteiger partial charge in [-0.15, -0.1) is 6.58 Å². The zero-order valence-corrected chi connectivity index (χ0v) is 10.1. The minimum Gasteiger partial charge on any atom is -0.428 e. The predicted molar refractivity (Wildman–Crippen MR) is 63.9 cm³/mol. The molecule has 0 bridgehead atoms. The molecule has 1 aromatic rings. The number of amides is 2. The maximum Gasteiger partial charge on any atom is 0.325 e. The number of hydrogen-bond acceptors (Lipinski definition) is 4. The molecule has 1 aromatic heterocycles. The van der Waals surface area contributed by atoms with Crippen LogP contribution in [-0.4, -0.2) is 40.7 Å². The van der Waals surface area contributed by atoms with Crippen molar-refractivity contribution in [1.29, 1.82) is 0 Å². The molecule has 1 rings (SSSR count). The van der Waals surface area contributed by atoms with Gasteiger partial charge in [0.15, 0.2) is 0 Å². The number of aryl methyl sites for hydroxylation is 2. The highest BCUT2D eigenvalue weighted by Gasteiger charge is 2.14. The van der Waals surface area contributed by atoms with E-state index in [0.29, 0.717) is 12.3 Å². The minimum atomic E-state index is -0.375. The van der Waals surface area contributed by atoms with Crippen LogP contribution in [0.2, 0.25) is 0 Å². The summed E-state index contributed by atoms with van der Waals surface area (Å²) in [5.41, 5.74) is 0.734. The fraction of sp³-hybridized carbons (Fsp3) is 0.455. The molecule has 0 aliphatic rings. The van der Waals surface area contributed by atoms with Crippen molar-refractivity contribution >= 4 is 12.0 Å². The normalized spacial score (nSPS) is 10.1. The second-order valence-electron chi connectivity index (χ2n) is 3.55. The summed E-state index contributed by atoms with van der Waals surface area (Å²) < 4.78 is 5.23. The van der Waals surface area contributed by atoms with E-state index >= 15 is 0 Å². The molecule has 1 heterocycles. The fourth-order valence-corrected chi connectivity index (χ4v) is 1.25. The summed E-state index contributed by atoms with van der Waals surface area (Å²) in [6.07, 6.45) is 1.58. The van der Waals surface area contributed by atoms with Gasteiger partial charge in [-0.1, -0.05) is 6.08 Å². The smallest absolute Gasteiger partial charge is 0.325 e. The van der Waals surface area contributed by atoms with E-state index < -0.39 is 0 Å². The number of carbonyl (C=O) groups is 1. The third-order valence-corrected chi connectivity index (χ3v) is 2.25. The van der Waals surface area contributed by atoms with Gasteiger partial charge >= 0.3 is 12.0 Å². The fourth-order valence-electron chi connectivity index (χ4n) is 1.25. The highest BCUT2D eigenvalue weighted by atomic mass is 16.4. The Morgan fingerprint density at radius 2 is 2.35 bits per heavy atom. The van der Waals surface area contributed by atoms with E-state index in [2.05, 4.69) is 16.9 Å². The number of oxazole rings is 1. The lowest BCUT2D eigenvalue weighted by Crippen LogP contribution is -2.37. The number of aliphatic hydroxyl groups excluding tert-OH is 1. The molecule has 6 heteroatoms. The third kappa shape index (κ3) is 3.60. The first-order valence-corrected chi connectivity index (χ1v) is 5.30. The lowest BCUT2D eigenvalue weighted by Gasteiger charge is -2.19. The standard InChI is InChI=1S/C11H17N3O3/c1-4-5-14(6-7-15)11(16)13-10-12-8(2)9(3)17-10/h4,15H,1,5-7H2,2-3H3,(H,12,13,16). The molecule has 0 saturated heterocycles. The molecule has 0 unspecified atom stereocenters. The molecule has 6 nitrogen and oxygen atoms in total. The molecule has 0 aliphatic carbocycles. The van der Waals surface area contributed by atoms with Crippen LogP contribution < -0.4 is 5.32 Å². The van der Waals surface area contributed by atoms with Gasteiger partial charge < -0.3 is 14.4 Å². The van der Waals surface area contributed by atoms with Gasteiger partial charge in [-0.05, 0) is 13.8 Å². The van der Waals surface area contributed by atoms with Crippen molar-refractivity contribution < 1.29 is 14.3 Å². The Bertz CT molecular complexity index is 381. The van der Waals surface area contributed by atoms with E-state index in [1.807, 2.05) is 0 Å². The second-order valence-corrected chi connectivity index (χ2v) is 3.55. The number of urea groups is 1. The lowest BCUT2D eigenvalue weighted by molar-refractivity contribution is 0.194. The Balaban J connectivity index is 2.65. The summed E-state index contributed by atoms with van der Waals surface area (Å²) in [5.74, 6) is 0.665. The number of nitrogens with one attached hydrogen (secondary N) is 1. The van der Waals surface area contributed by atoms with Gasteiger partial charge in [0.25, 0.3) is 0 Å². The van der Waals surface area contributed by atoms with Crippen molar-refractivity contribution in [2.24, 2.45) is 0 Å². The van der Waals surface area contributed by atoms with Crippen molar-refractivity contribution in [2.45, 2.75) is 13.8 Å². The van der Waals surface area contributed by atoms with Crippen LogP contribution in [-0.2, 0) is 0 Å². The number of anilines is 1. The van der Waals surface area contributed by atoms with Crippen LogP contribution in [0.3, 0.4) is 0 Å². The number of carbonyl (C=O) groups excluding carboxylic acids is 1. The van der Waals surface area contributed by atoms with Gasteiger partial charge in [-0.3, -0.25) is 5.32 Å². The predicted octanol–water partition coefficient (Wildman–Crippen LogP) is 1.30. The van der Waals surface area contributed by atoms with Crippen LogP contribution >= 0.6 is 0 Å². The maximum absolute atomic E-state index is 11.8. The molecule has 0 atom stereocenters. The maximum atomic E-state index is 11.8. The average Bonchev–Trinajstić information content (AvgIpc) is 2.57. The number of rotatable bonds is 5. The summed E-state index contributed by atoms with van der Waals surface area (Å²) in [5, 5.41) is 11.4. The first-order chi connectivity index (χ1) is 8.08. The summed E-state index contributed by atoms with van der Waals surface area (Å²) >= 11 is 0. The first-order valence-electron chi connectivity index (χ1n) is 5.30. The summed E-state index contributed by atoms with van der Waals surface area (Å²) in [6, 6.07) is -0.211. The number of aromatic nitrogens is 1. The Morgan fingerprint density at radius 1 is 1.65 bits per heavy atom. The monoisotopic (exact) mass is 239 g/mol. The van der Waals surface area contributed by atoms with Crippen molar-refractivity contribution in [1.82, 2.24) is 9.88 Å². The van der Waals surface area contributed by atoms with Crippen LogP contribution in [0.4, 0.5) is 10.8 Å². The van der Waals surface area contributed by atoms with Crippen molar-refractivity contribution in [2.75, 3.05) is 25.0 Å². The van der Waals surface area contributed by atoms with E-state index in [4.69, 9.17) is 9.52 Å². The van der Waals surface area contributed by atoms with Gasteiger partial charge in [0, 0.05) is 13.1 Å². The Kier molecular flexibility index (Phi) is 4.71. The lowest BCUT2D eigenvalue weighted by atomic mass is 10.4. The van der Waals surface area contributed by atoms with Crippen LogP contribution in [0.5, 0.6) is 0 Å². The SMILES string of the molecule is C=CCN(CCO)C(=O)Nc1nc(C)c(C)o1. The Hall–Kier alpha value is -1.82. The van der Waals surface area contributed by atoms with E-state index in [0.717, 1.165) is 5.69 Å². The largest absolute Gasteiger partial charge is 0.428 e. The van der Waals surface area contributed by atoms with E-state index in [1.54, 1.807) is 19.9 Å². The Morgan fingerprint density at radius 3 is 2.82 bits per heavy atom. The van der Waals surface area contributed by atoms with Crippen LogP contribution in [0.15, 0.2) is 17.1 Å². The first kappa shape index (κ1) is 13.2. The van der Waals surface area contributed by atoms with Crippen molar-refractivity contribution in [3.8, 4) is 0 Å². The Labute approximate surface area is 99.9 Å². The number of aliphatic hydroxyl groups is 1. The molecule has 2 amide bonds. The quantitative estimate of drug-likeness (QED) is 0.759. The van der Waals surface area contributed by atoms with Crippen LogP contribution in [0, 0.1) is 13.8 Å². The van der Waals surface area contributed by atoms with E-state index in [-0.39, 0.29) is 25.2 Å². The number of nitrogens with zero attached hydrogens (tertiary/aromatic N) is 2. The van der Waals surface area contributed by atoms with Crippen molar-refractivity contribution in [3.63, 3.8) is 0 Å². The summed E-state index contributed by atoms with van der Waals surface area (Å²) in [4.78, 5) is 17.2. The van der Waals surface area contributed by atoms with Crippen LogP contribution in [0.1, 0.15) is 11.5 Å². The minimum absolute atomic E-state index is 0.106. The van der Waals surface area contributed by atoms with Crippen molar-refractivity contribution in [3.05, 3.63) is 24.1 Å². The molecule has 0 aliphatic heterocycles. The molecule has 0 saturated carbocycles. The summed E-state index contributed by atoms with van der Waals surface area (Å²) in [6.45, 7) is 7.59. The van der Waals surface area contributed by atoms with Gasteiger partial charge in [0.2, 0.25) is 0 Å². The van der Waals surface area contributed by atoms with Crippen LogP contribution in [0.25, 0.3) is 0 Å². The third-order valence-electron chi connectivity index (χ3n) is 2.25. The zero-order valence-electron chi connectivity index (χ0n) is 10.1. The second kappa shape index (κ2) is 6.05. The highest BCUT2D eigenvalue weighted by Crippen LogP contribution is 2.13. The highest BCUT2D eigenvalue weighted by molar-refractivity contribution is 5.87. The van der Waals surface area contributed by atoms with Gasteiger partial charge in [-0.2, -0.15) is 4.98 Å². The molecule has 2 N–H and O–H groups in total. The molecule has 0 radical (unpaired) electrons. The molecule has 17 heavy (non-hydrogen) atoms. The molecular formula is C11H17N3O3. The number of hydrogen-bond donors (Lipinski definition) is 2. The van der Waals surface area contributed by atoms with Gasteiger partial charge in [0.1, 0.15) is 5.76 Å². The molecular weight excluding hydrogens is 222 g/mol. The molecule has 0 spiro atoms. The van der Waals surface area contributed by atoms with Gasteiger partial charge in [-0.25, -0.2) is 4.79 Å². The molecule has 94 valence electrons. The average molecular weight is 239 g/mol. The van der Waals surface area contributed by atoms with E-state index in [9.17, 15) is 4.79 Å². The summed E-state index contributed by atoms with van der Waals surface area (Å²) in [7, 11) is 0. The molecule has 0 aromatic carbocycles. The van der Waals surface area contributed by atoms with Gasteiger partial charge in [0.05, 0.1) is 12.3 Å². The zero-order chi connectivity index (χ0) is 12.8.